The molecule has 194 valence electrons. The van der Waals surface area contributed by atoms with Crippen molar-refractivity contribution in [3.05, 3.63) is 64.5 Å². The van der Waals surface area contributed by atoms with Gasteiger partial charge in [0.15, 0.2) is 17.7 Å². The van der Waals surface area contributed by atoms with Crippen molar-refractivity contribution in [3.63, 3.8) is 0 Å². The molecule has 0 bridgehead atoms. The lowest BCUT2D eigenvalue weighted by Crippen LogP contribution is -2.57. The van der Waals surface area contributed by atoms with Crippen molar-refractivity contribution >= 4 is 18.0 Å². The fourth-order valence-corrected chi connectivity index (χ4v) is 5.48. The number of ketones is 1. The number of allylic oxidation sites excluding steroid dienone is 1. The van der Waals surface area contributed by atoms with E-state index >= 15 is 0 Å². The predicted molar refractivity (Wildman–Crippen MR) is 131 cm³/mol. The van der Waals surface area contributed by atoms with Gasteiger partial charge in [0.2, 0.25) is 5.91 Å². The maximum Gasteiger partial charge on any atom is 0.247 e. The number of amides is 1. The third kappa shape index (κ3) is 4.05. The Morgan fingerprint density at radius 3 is 2.54 bits per heavy atom. The minimum absolute atomic E-state index is 0.0195. The number of nitrogens with zero attached hydrogens (tertiary/aromatic N) is 3. The fraction of sp³-hybridized carbons (Fsp3) is 0.346. The zero-order valence-corrected chi connectivity index (χ0v) is 20.5. The molecule has 2 aromatic rings. The maximum absolute atomic E-state index is 13.6. The van der Waals surface area contributed by atoms with Crippen molar-refractivity contribution in [2.24, 2.45) is 17.6 Å². The lowest BCUT2D eigenvalue weighted by Gasteiger charge is -2.46. The van der Waals surface area contributed by atoms with Gasteiger partial charge in [-0.05, 0) is 57.5 Å². The van der Waals surface area contributed by atoms with Crippen LogP contribution in [0.15, 0.2) is 53.4 Å². The lowest BCUT2D eigenvalue weighted by atomic mass is 9.62. The predicted octanol–water partition coefficient (Wildman–Crippen LogP) is 1.21. The number of aldehydes is 1. The van der Waals surface area contributed by atoms with Crippen LogP contribution in [0.25, 0.3) is 11.3 Å². The topological polar surface area (TPSA) is 187 Å². The highest BCUT2D eigenvalue weighted by Crippen LogP contribution is 2.50. The molecule has 1 aromatic carbocycles. The van der Waals surface area contributed by atoms with Crippen molar-refractivity contribution in [1.29, 1.82) is 0 Å². The number of Topliss-reactive ketones (excluding diaryl/α,β-unsaturated/α-hetero) is 1. The number of hydrogen-bond acceptors (Lipinski definition) is 10. The summed E-state index contributed by atoms with van der Waals surface area (Å²) in [4.78, 5) is 47.5. The number of primary amides is 1. The molecule has 4 rings (SSSR count). The number of phenols is 1. The molecular formula is C26H28N4O7. The molecule has 6 N–H and O–H groups in total. The molecule has 0 saturated carbocycles. The lowest BCUT2D eigenvalue weighted by molar-refractivity contribution is -0.134. The summed E-state index contributed by atoms with van der Waals surface area (Å²) in [6.45, 7) is 1.31. The Morgan fingerprint density at radius 1 is 1.27 bits per heavy atom. The molecule has 37 heavy (non-hydrogen) atoms. The van der Waals surface area contributed by atoms with Crippen LogP contribution in [0.2, 0.25) is 0 Å². The summed E-state index contributed by atoms with van der Waals surface area (Å²) in [5.74, 6) is -5.07. The first-order chi connectivity index (χ1) is 17.4. The molecule has 2 aliphatic rings. The van der Waals surface area contributed by atoms with Crippen molar-refractivity contribution in [1.82, 2.24) is 14.9 Å². The summed E-state index contributed by atoms with van der Waals surface area (Å²) >= 11 is 0. The Kier molecular flexibility index (Phi) is 6.61. The number of carbonyl (C=O) groups excluding carboxylic acids is 3. The molecule has 1 heterocycles. The quantitative estimate of drug-likeness (QED) is 0.216. The van der Waals surface area contributed by atoms with E-state index in [9.17, 15) is 34.8 Å². The summed E-state index contributed by atoms with van der Waals surface area (Å²) in [7, 11) is 3.14. The van der Waals surface area contributed by atoms with E-state index in [-0.39, 0.29) is 41.6 Å². The second-order valence-corrected chi connectivity index (χ2v) is 9.64. The van der Waals surface area contributed by atoms with Crippen LogP contribution in [0.5, 0.6) is 5.75 Å². The van der Waals surface area contributed by atoms with Crippen LogP contribution in [0.1, 0.15) is 29.3 Å². The Labute approximate surface area is 212 Å². The van der Waals surface area contributed by atoms with Gasteiger partial charge in [0.1, 0.15) is 17.3 Å². The van der Waals surface area contributed by atoms with E-state index in [2.05, 4.69) is 9.97 Å². The summed E-state index contributed by atoms with van der Waals surface area (Å²) in [6.07, 6.45) is 4.78. The Morgan fingerprint density at radius 2 is 1.97 bits per heavy atom. The number of nitrogens with two attached hydrogens (primary N) is 1. The van der Waals surface area contributed by atoms with Crippen molar-refractivity contribution < 1.29 is 34.8 Å². The van der Waals surface area contributed by atoms with E-state index in [0.717, 1.165) is 0 Å². The third-order valence-corrected chi connectivity index (χ3v) is 7.35. The number of aliphatic hydroxyl groups is 3. The van der Waals surface area contributed by atoms with Crippen LogP contribution >= 0.6 is 0 Å². The minimum Gasteiger partial charge on any atom is -0.510 e. The van der Waals surface area contributed by atoms with Crippen molar-refractivity contribution in [3.8, 4) is 17.0 Å². The second-order valence-electron chi connectivity index (χ2n) is 9.64. The molecule has 0 aliphatic heterocycles. The number of fused-ring (bicyclic) bond motifs is 2. The zero-order valence-electron chi connectivity index (χ0n) is 20.5. The monoisotopic (exact) mass is 508 g/mol. The van der Waals surface area contributed by atoms with Gasteiger partial charge in [-0.1, -0.05) is 0 Å². The van der Waals surface area contributed by atoms with E-state index in [1.54, 1.807) is 20.2 Å². The average molecular weight is 509 g/mol. The van der Waals surface area contributed by atoms with E-state index in [4.69, 9.17) is 5.73 Å². The van der Waals surface area contributed by atoms with E-state index in [1.807, 2.05) is 0 Å². The summed E-state index contributed by atoms with van der Waals surface area (Å²) in [5, 5.41) is 44.1. The maximum atomic E-state index is 13.6. The van der Waals surface area contributed by atoms with Gasteiger partial charge in [0.25, 0.3) is 0 Å². The highest BCUT2D eigenvalue weighted by Gasteiger charge is 2.55. The molecule has 4 atom stereocenters. The SMILES string of the molecule is C/C(C(N)=O)=C(/O)C([C@@H]1C[C@@H]2Cc3c(-c4cnccn4)ccc(O)c3C(=O)C2=C(O)[C@]1(O)C=O)N(C)C. The van der Waals surface area contributed by atoms with Gasteiger partial charge in [-0.2, -0.15) is 0 Å². The van der Waals surface area contributed by atoms with Crippen LogP contribution in [-0.2, 0) is 16.0 Å². The molecular weight excluding hydrogens is 480 g/mol. The molecule has 1 aromatic heterocycles. The number of hydrogen-bond donors (Lipinski definition) is 5. The molecule has 1 amide bonds. The molecule has 1 unspecified atom stereocenters. The molecule has 2 aliphatic carbocycles. The number of aromatic nitrogens is 2. The number of likely N-dealkylation sites (N-methyl/N-ethyl adjacent to an activating group) is 1. The molecule has 0 saturated heterocycles. The summed E-state index contributed by atoms with van der Waals surface area (Å²) < 4.78 is 0. The van der Waals surface area contributed by atoms with Crippen LogP contribution in [0.3, 0.4) is 0 Å². The third-order valence-electron chi connectivity index (χ3n) is 7.35. The van der Waals surface area contributed by atoms with Crippen LogP contribution in [0, 0.1) is 11.8 Å². The highest BCUT2D eigenvalue weighted by atomic mass is 16.3. The van der Waals surface area contributed by atoms with Gasteiger partial charge >= 0.3 is 0 Å². The number of carbonyl (C=O) groups is 3. The van der Waals surface area contributed by atoms with Gasteiger partial charge < -0.3 is 26.2 Å². The average Bonchev–Trinajstić information content (AvgIpc) is 2.86. The van der Waals surface area contributed by atoms with Crippen LogP contribution < -0.4 is 5.73 Å². The number of phenolic OH excluding ortho intramolecular Hbond substituents is 1. The van der Waals surface area contributed by atoms with Crippen LogP contribution in [-0.4, -0.2) is 79.0 Å². The molecule has 11 heteroatoms. The number of rotatable bonds is 6. The smallest absolute Gasteiger partial charge is 0.247 e. The molecule has 11 nitrogen and oxygen atoms in total. The molecule has 0 fully saturated rings. The second kappa shape index (κ2) is 9.41. The van der Waals surface area contributed by atoms with Gasteiger partial charge in [-0.15, -0.1) is 0 Å². The standard InChI is InChI=1S/C26H28N4O7/c1-12(25(27)36)22(33)21(30(2)3)16-9-13-8-15-14(17-10-28-6-7-29-17)4-5-18(32)20(15)23(34)19(13)24(35)26(16,37)11-31/h4-7,10-11,13,16,21,32-33,35,37H,8-9H2,1-3H3,(H2,27,36)/b22-12-/t13-,16-,21?,26-/m0/s1. The first-order valence-electron chi connectivity index (χ1n) is 11.6. The minimum atomic E-state index is -2.56. The van der Waals surface area contributed by atoms with Crippen LogP contribution in [0.4, 0.5) is 0 Å². The largest absolute Gasteiger partial charge is 0.510 e. The normalized spacial score (nSPS) is 24.7. The Hall–Kier alpha value is -4.09. The first-order valence-corrected chi connectivity index (χ1v) is 11.6. The Balaban J connectivity index is 1.92. The van der Waals surface area contributed by atoms with Gasteiger partial charge in [-0.25, -0.2) is 0 Å². The summed E-state index contributed by atoms with van der Waals surface area (Å²) in [5.41, 5.74) is 3.92. The zero-order chi connectivity index (χ0) is 27.2. The van der Waals surface area contributed by atoms with Gasteiger partial charge in [0, 0.05) is 29.4 Å². The van der Waals surface area contributed by atoms with Crippen molar-refractivity contribution in [2.45, 2.75) is 31.4 Å². The molecule has 0 radical (unpaired) electrons. The van der Waals surface area contributed by atoms with Gasteiger partial charge in [0.05, 0.1) is 29.1 Å². The fourth-order valence-electron chi connectivity index (χ4n) is 5.48. The number of aliphatic hydroxyl groups excluding tert-OH is 2. The molecule has 0 spiro atoms. The van der Waals surface area contributed by atoms with E-state index < -0.39 is 46.7 Å². The number of aromatic hydroxyl groups is 1. The van der Waals surface area contributed by atoms with E-state index in [1.165, 1.54) is 36.5 Å². The summed E-state index contributed by atoms with van der Waals surface area (Å²) in [6, 6.07) is 1.86. The van der Waals surface area contributed by atoms with Gasteiger partial charge in [-0.3, -0.25) is 29.3 Å². The Bertz CT molecular complexity index is 1350. The first kappa shape index (κ1) is 26.0. The highest BCUT2D eigenvalue weighted by molar-refractivity contribution is 6.14. The van der Waals surface area contributed by atoms with E-state index in [0.29, 0.717) is 16.8 Å². The number of benzene rings is 1. The van der Waals surface area contributed by atoms with Crippen molar-refractivity contribution in [2.75, 3.05) is 14.1 Å².